The number of ether oxygens (including phenoxy) is 1. The van der Waals surface area contributed by atoms with E-state index in [1.165, 1.54) is 49.2 Å². The second kappa shape index (κ2) is 12.3. The summed E-state index contributed by atoms with van der Waals surface area (Å²) in [5.41, 5.74) is 2.63. The molecular formula is C24H29NO2S. The Morgan fingerprint density at radius 2 is 1.54 bits per heavy atom. The minimum Gasteiger partial charge on any atom is -0.444 e. The zero-order valence-corrected chi connectivity index (χ0v) is 17.6. The second-order valence-electron chi connectivity index (χ2n) is 6.89. The minimum absolute atomic E-state index is 0.456. The van der Waals surface area contributed by atoms with E-state index in [0.717, 1.165) is 11.1 Å². The highest BCUT2D eigenvalue weighted by Gasteiger charge is 2.11. The van der Waals surface area contributed by atoms with E-state index in [2.05, 4.69) is 31.2 Å². The van der Waals surface area contributed by atoms with Crippen molar-refractivity contribution in [3.63, 3.8) is 0 Å². The molecule has 2 aromatic carbocycles. The van der Waals surface area contributed by atoms with Crippen molar-refractivity contribution in [1.29, 1.82) is 5.26 Å². The van der Waals surface area contributed by atoms with Crippen LogP contribution in [0.5, 0.6) is 0 Å². The van der Waals surface area contributed by atoms with E-state index >= 15 is 0 Å². The summed E-state index contributed by atoms with van der Waals surface area (Å²) in [6.45, 7) is 3.80. The van der Waals surface area contributed by atoms with E-state index in [9.17, 15) is 4.79 Å². The molecule has 148 valence electrons. The van der Waals surface area contributed by atoms with Crippen molar-refractivity contribution in [2.24, 2.45) is 0 Å². The van der Waals surface area contributed by atoms with Gasteiger partial charge in [-0.15, -0.1) is 11.8 Å². The lowest BCUT2D eigenvalue weighted by atomic mass is 10.0. The zero-order chi connectivity index (χ0) is 20.2. The molecule has 2 rings (SSSR count). The van der Waals surface area contributed by atoms with Gasteiger partial charge in [-0.25, -0.2) is 4.79 Å². The predicted octanol–water partition coefficient (Wildman–Crippen LogP) is 6.88. The van der Waals surface area contributed by atoms with Gasteiger partial charge >= 0.3 is 5.97 Å². The van der Waals surface area contributed by atoms with Crippen molar-refractivity contribution in [1.82, 2.24) is 0 Å². The molecule has 0 aromatic heterocycles. The molecule has 28 heavy (non-hydrogen) atoms. The summed E-state index contributed by atoms with van der Waals surface area (Å²) in [5, 5.41) is 8.73. The van der Waals surface area contributed by atoms with Crippen molar-refractivity contribution >= 4 is 17.7 Å². The van der Waals surface area contributed by atoms with Crippen molar-refractivity contribution in [3.05, 3.63) is 54.1 Å². The molecule has 0 N–H and O–H groups in total. The number of thioether (sulfide) groups is 1. The number of benzene rings is 2. The summed E-state index contributed by atoms with van der Waals surface area (Å²) in [4.78, 5) is 13.2. The second-order valence-corrected chi connectivity index (χ2v) is 8.06. The molecule has 0 spiro atoms. The Hall–Kier alpha value is -2.25. The Morgan fingerprint density at radius 1 is 0.964 bits per heavy atom. The molecule has 0 aliphatic rings. The first-order valence-corrected chi connectivity index (χ1v) is 11.1. The number of nitriles is 1. The minimum atomic E-state index is -0.742. The summed E-state index contributed by atoms with van der Waals surface area (Å²) in [5.74, 6) is 0.700. The maximum atomic E-state index is 11.9. The van der Waals surface area contributed by atoms with Crippen molar-refractivity contribution in [2.75, 3.05) is 5.75 Å². The fourth-order valence-electron chi connectivity index (χ4n) is 2.87. The lowest BCUT2D eigenvalue weighted by Crippen LogP contribution is -2.12. The molecule has 3 nitrogen and oxygen atoms in total. The van der Waals surface area contributed by atoms with Crippen LogP contribution in [0.2, 0.25) is 0 Å². The standard InChI is InChI=1S/C24H29NO2S/c1-3-4-5-6-7-8-17-28-23-15-13-21(14-16-23)20-9-11-22(12-10-20)24(26)27-19(2)18-25/h9-16,19H,3-8,17H2,1-2H3/t19-/m1/s1. The molecule has 0 aliphatic carbocycles. The van der Waals surface area contributed by atoms with Gasteiger partial charge in [-0.1, -0.05) is 63.3 Å². The third-order valence-electron chi connectivity index (χ3n) is 4.54. The largest absolute Gasteiger partial charge is 0.444 e. The highest BCUT2D eigenvalue weighted by atomic mass is 32.2. The number of carbonyl (C=O) groups is 1. The number of esters is 1. The van der Waals surface area contributed by atoms with E-state index in [1.807, 2.05) is 30.0 Å². The highest BCUT2D eigenvalue weighted by molar-refractivity contribution is 7.99. The number of unbranched alkanes of at least 4 members (excludes halogenated alkanes) is 5. The SMILES string of the molecule is CCCCCCCCSc1ccc(-c2ccc(C(=O)O[C@H](C)C#N)cc2)cc1. The number of nitrogens with zero attached hydrogens (tertiary/aromatic N) is 1. The van der Waals surface area contributed by atoms with Gasteiger partial charge in [0, 0.05) is 4.90 Å². The van der Waals surface area contributed by atoms with E-state index < -0.39 is 12.1 Å². The van der Waals surface area contributed by atoms with E-state index in [1.54, 1.807) is 19.1 Å². The summed E-state index contributed by atoms with van der Waals surface area (Å²) in [6.07, 6.45) is 7.24. The smallest absolute Gasteiger partial charge is 0.339 e. The maximum Gasteiger partial charge on any atom is 0.339 e. The van der Waals surface area contributed by atoms with Crippen LogP contribution in [0.1, 0.15) is 62.7 Å². The monoisotopic (exact) mass is 395 g/mol. The number of hydrogen-bond acceptors (Lipinski definition) is 4. The Morgan fingerprint density at radius 3 is 2.14 bits per heavy atom. The van der Waals surface area contributed by atoms with Gasteiger partial charge in [0.15, 0.2) is 6.10 Å². The lowest BCUT2D eigenvalue weighted by molar-refractivity contribution is 0.0435. The van der Waals surface area contributed by atoms with Crippen molar-refractivity contribution < 1.29 is 9.53 Å². The first kappa shape index (κ1) is 22.0. The highest BCUT2D eigenvalue weighted by Crippen LogP contribution is 2.25. The van der Waals surface area contributed by atoms with Crippen LogP contribution in [0, 0.1) is 11.3 Å². The van der Waals surface area contributed by atoms with Crippen LogP contribution in [0.3, 0.4) is 0 Å². The molecule has 0 fully saturated rings. The van der Waals surface area contributed by atoms with Crippen LogP contribution in [-0.4, -0.2) is 17.8 Å². The van der Waals surface area contributed by atoms with Gasteiger partial charge in [-0.05, 0) is 54.5 Å². The molecule has 0 heterocycles. The normalized spacial score (nSPS) is 11.6. The predicted molar refractivity (Wildman–Crippen MR) is 116 cm³/mol. The number of carbonyl (C=O) groups excluding carboxylic acids is 1. The summed E-state index contributed by atoms with van der Waals surface area (Å²) in [6, 6.07) is 17.7. The molecular weight excluding hydrogens is 366 g/mol. The van der Waals surface area contributed by atoms with E-state index in [-0.39, 0.29) is 0 Å². The van der Waals surface area contributed by atoms with Gasteiger partial charge in [-0.3, -0.25) is 0 Å². The van der Waals surface area contributed by atoms with Crippen LogP contribution in [-0.2, 0) is 4.74 Å². The zero-order valence-electron chi connectivity index (χ0n) is 16.8. The molecule has 0 radical (unpaired) electrons. The third kappa shape index (κ3) is 7.40. The fraction of sp³-hybridized carbons (Fsp3) is 0.417. The summed E-state index contributed by atoms with van der Waals surface area (Å²) in [7, 11) is 0. The molecule has 0 unspecified atom stereocenters. The van der Waals surface area contributed by atoms with E-state index in [0.29, 0.717) is 5.56 Å². The van der Waals surface area contributed by atoms with Crippen LogP contribution in [0.4, 0.5) is 0 Å². The Labute approximate surface area is 173 Å². The van der Waals surface area contributed by atoms with Crippen LogP contribution in [0.25, 0.3) is 11.1 Å². The summed E-state index contributed by atoms with van der Waals surface area (Å²) >= 11 is 1.91. The summed E-state index contributed by atoms with van der Waals surface area (Å²) < 4.78 is 5.02. The lowest BCUT2D eigenvalue weighted by Gasteiger charge is -2.08. The Balaban J connectivity index is 1.82. The molecule has 0 bridgehead atoms. The Bertz CT molecular complexity index is 763. The molecule has 0 aliphatic heterocycles. The van der Waals surface area contributed by atoms with Gasteiger partial charge in [0.25, 0.3) is 0 Å². The average Bonchev–Trinajstić information content (AvgIpc) is 2.73. The molecule has 4 heteroatoms. The quantitative estimate of drug-likeness (QED) is 0.236. The third-order valence-corrected chi connectivity index (χ3v) is 5.64. The van der Waals surface area contributed by atoms with Crippen molar-refractivity contribution in [2.45, 2.75) is 63.4 Å². The molecule has 1 atom stereocenters. The maximum absolute atomic E-state index is 11.9. The molecule has 2 aromatic rings. The van der Waals surface area contributed by atoms with Crippen LogP contribution >= 0.6 is 11.8 Å². The number of rotatable bonds is 11. The fourth-order valence-corrected chi connectivity index (χ4v) is 3.78. The topological polar surface area (TPSA) is 50.1 Å². The van der Waals surface area contributed by atoms with E-state index in [4.69, 9.17) is 10.00 Å². The molecule has 0 amide bonds. The van der Waals surface area contributed by atoms with Gasteiger partial charge < -0.3 is 4.74 Å². The van der Waals surface area contributed by atoms with Crippen molar-refractivity contribution in [3.8, 4) is 17.2 Å². The molecule has 0 saturated heterocycles. The van der Waals surface area contributed by atoms with Crippen LogP contribution in [0.15, 0.2) is 53.4 Å². The van der Waals surface area contributed by atoms with Gasteiger partial charge in [0.05, 0.1) is 5.56 Å². The van der Waals surface area contributed by atoms with Gasteiger partial charge in [-0.2, -0.15) is 5.26 Å². The van der Waals surface area contributed by atoms with Gasteiger partial charge in [0.1, 0.15) is 6.07 Å². The average molecular weight is 396 g/mol. The van der Waals surface area contributed by atoms with Crippen LogP contribution < -0.4 is 0 Å². The number of hydrogen-bond donors (Lipinski definition) is 0. The first-order valence-electron chi connectivity index (χ1n) is 10.1. The van der Waals surface area contributed by atoms with Gasteiger partial charge in [0.2, 0.25) is 0 Å². The first-order chi connectivity index (χ1) is 13.6. The molecule has 0 saturated carbocycles. The Kier molecular flexibility index (Phi) is 9.65.